The number of hydrogen-bond donors (Lipinski definition) is 2. The lowest BCUT2D eigenvalue weighted by molar-refractivity contribution is 0.185. The van der Waals surface area contributed by atoms with Gasteiger partial charge in [0, 0.05) is 12.1 Å². The third kappa shape index (κ3) is 4.52. The first-order valence-electron chi connectivity index (χ1n) is 6.40. The maximum Gasteiger partial charge on any atom is 0.0188 e. The monoisotopic (exact) mass is 212 g/mol. The van der Waals surface area contributed by atoms with Crippen molar-refractivity contribution in [2.75, 3.05) is 6.54 Å². The smallest absolute Gasteiger partial charge is 0.0188 e. The molecule has 0 aromatic rings. The zero-order valence-electron chi connectivity index (χ0n) is 10.8. The van der Waals surface area contributed by atoms with Crippen molar-refractivity contribution < 1.29 is 0 Å². The van der Waals surface area contributed by atoms with E-state index in [-0.39, 0.29) is 6.04 Å². The summed E-state index contributed by atoms with van der Waals surface area (Å²) in [7, 11) is 0. The number of nitrogens with two attached hydrogens (primary N) is 1. The summed E-state index contributed by atoms with van der Waals surface area (Å²) in [6, 6.07) is 0.699. The molecule has 0 saturated heterocycles. The van der Waals surface area contributed by atoms with Crippen LogP contribution in [0.5, 0.6) is 0 Å². The van der Waals surface area contributed by atoms with Gasteiger partial charge in [-0.3, -0.25) is 0 Å². The zero-order valence-corrected chi connectivity index (χ0v) is 10.8. The fourth-order valence-corrected chi connectivity index (χ4v) is 2.20. The number of nitrogens with one attached hydrogen (secondary N) is 1. The van der Waals surface area contributed by atoms with Crippen LogP contribution in [0.2, 0.25) is 0 Å². The third-order valence-corrected chi connectivity index (χ3v) is 3.98. The summed E-state index contributed by atoms with van der Waals surface area (Å²) < 4.78 is 0. The molecule has 0 radical (unpaired) electrons. The first-order chi connectivity index (χ1) is 6.91. The molecule has 1 saturated carbocycles. The average Bonchev–Trinajstić information content (AvgIpc) is 2.15. The van der Waals surface area contributed by atoms with Crippen molar-refractivity contribution in [1.82, 2.24) is 5.32 Å². The molecule has 2 heteroatoms. The lowest BCUT2D eigenvalue weighted by Gasteiger charge is -2.35. The maximum atomic E-state index is 5.83. The van der Waals surface area contributed by atoms with Crippen molar-refractivity contribution >= 4 is 0 Å². The van der Waals surface area contributed by atoms with Crippen molar-refractivity contribution in [3.05, 3.63) is 0 Å². The van der Waals surface area contributed by atoms with E-state index in [1.165, 1.54) is 25.7 Å². The second-order valence-corrected chi connectivity index (χ2v) is 6.16. The van der Waals surface area contributed by atoms with Crippen molar-refractivity contribution in [1.29, 1.82) is 0 Å². The lowest BCUT2D eigenvalue weighted by Crippen LogP contribution is -2.43. The van der Waals surface area contributed by atoms with E-state index in [4.69, 9.17) is 5.73 Å². The fourth-order valence-electron chi connectivity index (χ4n) is 2.20. The van der Waals surface area contributed by atoms with Gasteiger partial charge in [0.05, 0.1) is 0 Å². The van der Waals surface area contributed by atoms with Crippen LogP contribution >= 0.6 is 0 Å². The predicted molar refractivity (Wildman–Crippen MR) is 66.9 cm³/mol. The van der Waals surface area contributed by atoms with Gasteiger partial charge in [0.1, 0.15) is 0 Å². The van der Waals surface area contributed by atoms with Gasteiger partial charge in [0.25, 0.3) is 0 Å². The molecule has 15 heavy (non-hydrogen) atoms. The Morgan fingerprint density at radius 2 is 1.80 bits per heavy atom. The van der Waals surface area contributed by atoms with Gasteiger partial charge in [-0.05, 0) is 57.4 Å². The van der Waals surface area contributed by atoms with Gasteiger partial charge in [0.15, 0.2) is 0 Å². The summed E-state index contributed by atoms with van der Waals surface area (Å²) >= 11 is 0. The molecular formula is C13H28N2. The summed E-state index contributed by atoms with van der Waals surface area (Å²) in [6.45, 7) is 10.2. The van der Waals surface area contributed by atoms with Crippen LogP contribution in [-0.4, -0.2) is 18.6 Å². The van der Waals surface area contributed by atoms with Gasteiger partial charge in [-0.1, -0.05) is 13.8 Å². The minimum absolute atomic E-state index is 0.255. The van der Waals surface area contributed by atoms with Gasteiger partial charge >= 0.3 is 0 Å². The van der Waals surface area contributed by atoms with Crippen LogP contribution in [0.4, 0.5) is 0 Å². The Balaban J connectivity index is 2.19. The molecule has 1 rings (SSSR count). The highest BCUT2D eigenvalue weighted by Gasteiger charge is 2.26. The quantitative estimate of drug-likeness (QED) is 0.751. The van der Waals surface area contributed by atoms with Gasteiger partial charge in [-0.25, -0.2) is 0 Å². The second kappa shape index (κ2) is 5.31. The fraction of sp³-hybridized carbons (Fsp3) is 1.00. The van der Waals surface area contributed by atoms with Crippen molar-refractivity contribution in [2.24, 2.45) is 17.1 Å². The predicted octanol–water partition coefficient (Wildman–Crippen LogP) is 2.53. The van der Waals surface area contributed by atoms with Gasteiger partial charge < -0.3 is 11.1 Å². The lowest BCUT2D eigenvalue weighted by atomic mass is 9.73. The van der Waals surface area contributed by atoms with Gasteiger partial charge in [-0.15, -0.1) is 0 Å². The Bertz CT molecular complexity index is 177. The largest absolute Gasteiger partial charge is 0.327 e. The summed E-state index contributed by atoms with van der Waals surface area (Å²) in [5.74, 6) is 0.874. The van der Waals surface area contributed by atoms with E-state index in [9.17, 15) is 0 Å². The SMILES string of the molecule is CC(N)C(C)NCC1CCC(C)(C)CC1. The van der Waals surface area contributed by atoms with Crippen molar-refractivity contribution in [3.63, 3.8) is 0 Å². The highest BCUT2D eigenvalue weighted by atomic mass is 14.9. The Morgan fingerprint density at radius 1 is 1.27 bits per heavy atom. The molecule has 0 bridgehead atoms. The van der Waals surface area contributed by atoms with E-state index >= 15 is 0 Å². The van der Waals surface area contributed by atoms with Crippen LogP contribution in [0.15, 0.2) is 0 Å². The average molecular weight is 212 g/mol. The first-order valence-corrected chi connectivity index (χ1v) is 6.40. The van der Waals surface area contributed by atoms with Crippen LogP contribution in [0.25, 0.3) is 0 Å². The minimum atomic E-state index is 0.255. The highest BCUT2D eigenvalue weighted by molar-refractivity contribution is 4.81. The number of rotatable bonds is 4. The van der Waals surface area contributed by atoms with Crippen LogP contribution in [0.3, 0.4) is 0 Å². The number of hydrogen-bond acceptors (Lipinski definition) is 2. The topological polar surface area (TPSA) is 38.0 Å². The van der Waals surface area contributed by atoms with Gasteiger partial charge in [-0.2, -0.15) is 0 Å². The molecule has 0 aromatic carbocycles. The zero-order chi connectivity index (χ0) is 11.5. The van der Waals surface area contributed by atoms with Crippen molar-refractivity contribution in [2.45, 2.75) is 65.5 Å². The molecule has 0 aliphatic heterocycles. The van der Waals surface area contributed by atoms with Crippen LogP contribution in [0.1, 0.15) is 53.4 Å². The molecule has 2 atom stereocenters. The standard InChI is InChI=1S/C13H28N2/c1-10(14)11(2)15-9-12-5-7-13(3,4)8-6-12/h10-12,15H,5-9,14H2,1-4H3. The molecule has 1 aliphatic carbocycles. The van der Waals surface area contributed by atoms with E-state index in [1.807, 2.05) is 0 Å². The van der Waals surface area contributed by atoms with E-state index in [1.54, 1.807) is 0 Å². The molecule has 1 aliphatic rings. The third-order valence-electron chi connectivity index (χ3n) is 3.98. The van der Waals surface area contributed by atoms with Crippen LogP contribution < -0.4 is 11.1 Å². The molecule has 2 nitrogen and oxygen atoms in total. The summed E-state index contributed by atoms with van der Waals surface area (Å²) in [5, 5.41) is 3.55. The van der Waals surface area contributed by atoms with Crippen LogP contribution in [0, 0.1) is 11.3 Å². The van der Waals surface area contributed by atoms with E-state index in [2.05, 4.69) is 33.0 Å². The molecule has 90 valence electrons. The molecule has 1 fully saturated rings. The summed E-state index contributed by atoms with van der Waals surface area (Å²) in [6.07, 6.45) is 5.52. The summed E-state index contributed by atoms with van der Waals surface area (Å²) in [5.41, 5.74) is 6.42. The first kappa shape index (κ1) is 13.0. The molecule has 3 N–H and O–H groups in total. The van der Waals surface area contributed by atoms with Gasteiger partial charge in [0.2, 0.25) is 0 Å². The van der Waals surface area contributed by atoms with E-state index in [0.717, 1.165) is 12.5 Å². The Kier molecular flexibility index (Phi) is 4.60. The molecular weight excluding hydrogens is 184 g/mol. The molecule has 0 spiro atoms. The van der Waals surface area contributed by atoms with E-state index < -0.39 is 0 Å². The molecule has 0 amide bonds. The second-order valence-electron chi connectivity index (χ2n) is 6.16. The molecule has 0 heterocycles. The highest BCUT2D eigenvalue weighted by Crippen LogP contribution is 2.37. The Labute approximate surface area is 95.0 Å². The maximum absolute atomic E-state index is 5.83. The Morgan fingerprint density at radius 3 is 2.27 bits per heavy atom. The summed E-state index contributed by atoms with van der Waals surface area (Å²) in [4.78, 5) is 0. The van der Waals surface area contributed by atoms with Crippen LogP contribution in [-0.2, 0) is 0 Å². The van der Waals surface area contributed by atoms with Crippen molar-refractivity contribution in [3.8, 4) is 0 Å². The normalized spacial score (nSPS) is 26.2. The van der Waals surface area contributed by atoms with E-state index in [0.29, 0.717) is 11.5 Å². The minimum Gasteiger partial charge on any atom is -0.327 e. The Hall–Kier alpha value is -0.0800. The molecule has 0 aromatic heterocycles. The molecule has 2 unspecified atom stereocenters.